The minimum absolute atomic E-state index is 0.0655. The number of thiazole rings is 1. The summed E-state index contributed by atoms with van der Waals surface area (Å²) in [6.07, 6.45) is 6.80. The number of amides is 2. The van der Waals surface area contributed by atoms with Crippen LogP contribution in [-0.2, 0) is 20.0 Å². The summed E-state index contributed by atoms with van der Waals surface area (Å²) in [5.74, 6) is -0.994. The summed E-state index contributed by atoms with van der Waals surface area (Å²) in [5.41, 5.74) is 8.95. The predicted molar refractivity (Wildman–Crippen MR) is 151 cm³/mol. The largest absolute Gasteiger partial charge is 0.343 e. The van der Waals surface area contributed by atoms with Gasteiger partial charge >= 0.3 is 0 Å². The summed E-state index contributed by atoms with van der Waals surface area (Å²) in [6.45, 7) is 3.22. The van der Waals surface area contributed by atoms with E-state index in [9.17, 15) is 18.0 Å². The standard InChI is InChI=1S/C28H30N4O4S2/c1-19(2)38(35,36)23-12-6-10-21(14-23)26(34)30-16-25(33)32-27-31-24(17-37-27)28(18-29)13-7-11-22(15-28)20-8-4-3-5-9-20/h3-14,17,19H,15-16,18,29H2,1-2H3,(H,30,34)(H,31,32,33). The first-order valence-electron chi connectivity index (χ1n) is 12.2. The number of hydrogen-bond donors (Lipinski definition) is 3. The van der Waals surface area contributed by atoms with Gasteiger partial charge in [0, 0.05) is 22.9 Å². The van der Waals surface area contributed by atoms with E-state index in [1.54, 1.807) is 13.8 Å². The van der Waals surface area contributed by atoms with Gasteiger partial charge in [-0.25, -0.2) is 13.4 Å². The van der Waals surface area contributed by atoms with Gasteiger partial charge in [0.1, 0.15) is 0 Å². The summed E-state index contributed by atoms with van der Waals surface area (Å²) in [5, 5.41) is 6.93. The first-order valence-corrected chi connectivity index (χ1v) is 14.6. The molecule has 1 atom stereocenters. The van der Waals surface area contributed by atoms with Crippen LogP contribution in [0.25, 0.3) is 5.57 Å². The minimum Gasteiger partial charge on any atom is -0.343 e. The lowest BCUT2D eigenvalue weighted by atomic mass is 9.74. The highest BCUT2D eigenvalue weighted by atomic mass is 32.2. The SMILES string of the molecule is CC(C)S(=O)(=O)c1cccc(C(=O)NCC(=O)Nc2nc(C3(CN)C=CC=C(c4ccccc4)C3)cs2)c1. The van der Waals surface area contributed by atoms with Crippen molar-refractivity contribution in [2.75, 3.05) is 18.4 Å². The third kappa shape index (κ3) is 5.93. The maximum absolute atomic E-state index is 12.6. The van der Waals surface area contributed by atoms with Crippen molar-refractivity contribution in [3.8, 4) is 0 Å². The molecular formula is C28H30N4O4S2. The molecule has 8 nitrogen and oxygen atoms in total. The zero-order chi connectivity index (χ0) is 27.3. The van der Waals surface area contributed by atoms with E-state index in [2.05, 4.69) is 33.8 Å². The first kappa shape index (κ1) is 27.4. The molecule has 1 aromatic heterocycles. The molecule has 0 saturated carbocycles. The first-order chi connectivity index (χ1) is 18.1. The molecule has 0 fully saturated rings. The normalized spacial score (nSPS) is 17.2. The fourth-order valence-electron chi connectivity index (χ4n) is 4.15. The van der Waals surface area contributed by atoms with Gasteiger partial charge in [0.25, 0.3) is 5.91 Å². The van der Waals surface area contributed by atoms with Crippen molar-refractivity contribution >= 4 is 43.7 Å². The molecule has 0 bridgehead atoms. The Bertz CT molecular complexity index is 1490. The van der Waals surface area contributed by atoms with Gasteiger partial charge in [-0.1, -0.05) is 54.6 Å². The molecule has 198 valence electrons. The molecule has 4 rings (SSSR count). The molecule has 1 aliphatic rings. The summed E-state index contributed by atoms with van der Waals surface area (Å²) >= 11 is 1.29. The Morgan fingerprint density at radius 2 is 1.89 bits per heavy atom. The Kier molecular flexibility index (Phi) is 8.25. The van der Waals surface area contributed by atoms with Gasteiger partial charge in [0.2, 0.25) is 5.91 Å². The van der Waals surface area contributed by atoms with Crippen LogP contribution in [0, 0.1) is 0 Å². The van der Waals surface area contributed by atoms with E-state index in [0.717, 1.165) is 16.8 Å². The van der Waals surface area contributed by atoms with Crippen LogP contribution in [0.2, 0.25) is 0 Å². The topological polar surface area (TPSA) is 131 Å². The lowest BCUT2D eigenvalue weighted by Crippen LogP contribution is -2.35. The second-order valence-corrected chi connectivity index (χ2v) is 12.7. The van der Waals surface area contributed by atoms with Gasteiger partial charge in [-0.05, 0) is 49.6 Å². The lowest BCUT2D eigenvalue weighted by Gasteiger charge is -2.31. The van der Waals surface area contributed by atoms with E-state index in [4.69, 9.17) is 5.73 Å². The second kappa shape index (κ2) is 11.4. The zero-order valence-electron chi connectivity index (χ0n) is 21.2. The Hall–Kier alpha value is -3.60. The lowest BCUT2D eigenvalue weighted by molar-refractivity contribution is -0.115. The van der Waals surface area contributed by atoms with Crippen LogP contribution >= 0.6 is 11.3 Å². The molecule has 10 heteroatoms. The van der Waals surface area contributed by atoms with Crippen molar-refractivity contribution in [1.29, 1.82) is 0 Å². The fourth-order valence-corrected chi connectivity index (χ4v) is 6.09. The van der Waals surface area contributed by atoms with Gasteiger partial charge in [-0.2, -0.15) is 0 Å². The average molecular weight is 551 g/mol. The monoisotopic (exact) mass is 550 g/mol. The van der Waals surface area contributed by atoms with Crippen molar-refractivity contribution in [1.82, 2.24) is 10.3 Å². The van der Waals surface area contributed by atoms with Crippen molar-refractivity contribution in [3.05, 3.63) is 95.0 Å². The molecule has 4 N–H and O–H groups in total. The van der Waals surface area contributed by atoms with E-state index in [0.29, 0.717) is 18.1 Å². The van der Waals surface area contributed by atoms with Gasteiger partial charge in [0.05, 0.1) is 22.4 Å². The number of hydrogen-bond acceptors (Lipinski definition) is 7. The van der Waals surface area contributed by atoms with Crippen molar-refractivity contribution < 1.29 is 18.0 Å². The van der Waals surface area contributed by atoms with Crippen LogP contribution in [0.1, 0.15) is 41.9 Å². The number of nitrogens with two attached hydrogens (primary N) is 1. The van der Waals surface area contributed by atoms with Crippen LogP contribution in [0.15, 0.2) is 83.1 Å². The molecule has 1 aliphatic carbocycles. The third-order valence-corrected chi connectivity index (χ3v) is 9.35. The molecule has 0 saturated heterocycles. The van der Waals surface area contributed by atoms with Crippen molar-refractivity contribution in [2.24, 2.45) is 5.73 Å². The molecular weight excluding hydrogens is 520 g/mol. The molecule has 3 aromatic rings. The fraction of sp³-hybridized carbons (Fsp3) is 0.250. The van der Waals surface area contributed by atoms with Crippen LogP contribution < -0.4 is 16.4 Å². The summed E-state index contributed by atoms with van der Waals surface area (Å²) < 4.78 is 24.8. The zero-order valence-corrected chi connectivity index (χ0v) is 22.8. The maximum atomic E-state index is 12.6. The predicted octanol–water partition coefficient (Wildman–Crippen LogP) is 3.93. The van der Waals surface area contributed by atoms with E-state index in [1.165, 1.54) is 35.6 Å². The molecule has 1 unspecified atom stereocenters. The van der Waals surface area contributed by atoms with E-state index in [1.807, 2.05) is 35.7 Å². The number of carbonyl (C=O) groups is 2. The van der Waals surface area contributed by atoms with E-state index in [-0.39, 0.29) is 17.0 Å². The molecule has 0 radical (unpaired) electrons. The third-order valence-electron chi connectivity index (χ3n) is 6.44. The number of nitrogens with one attached hydrogen (secondary N) is 2. The van der Waals surface area contributed by atoms with Crippen LogP contribution in [-0.4, -0.2) is 43.6 Å². The number of benzene rings is 2. The highest BCUT2D eigenvalue weighted by Gasteiger charge is 2.34. The number of aromatic nitrogens is 1. The Morgan fingerprint density at radius 3 is 2.61 bits per heavy atom. The van der Waals surface area contributed by atoms with E-state index >= 15 is 0 Å². The Balaban J connectivity index is 1.38. The number of rotatable bonds is 9. The molecule has 1 heterocycles. The Morgan fingerprint density at radius 1 is 1.13 bits per heavy atom. The van der Waals surface area contributed by atoms with Crippen molar-refractivity contribution in [3.63, 3.8) is 0 Å². The van der Waals surface area contributed by atoms with Gasteiger partial charge in [0.15, 0.2) is 15.0 Å². The number of carbonyl (C=O) groups excluding carboxylic acids is 2. The van der Waals surface area contributed by atoms with Crippen LogP contribution in [0.3, 0.4) is 0 Å². The molecule has 2 amide bonds. The maximum Gasteiger partial charge on any atom is 0.251 e. The van der Waals surface area contributed by atoms with E-state index < -0.39 is 32.3 Å². The minimum atomic E-state index is -3.52. The highest BCUT2D eigenvalue weighted by Crippen LogP contribution is 2.39. The smallest absolute Gasteiger partial charge is 0.251 e. The summed E-state index contributed by atoms with van der Waals surface area (Å²) in [6, 6.07) is 15.9. The summed E-state index contributed by atoms with van der Waals surface area (Å²) in [4.78, 5) is 29.8. The average Bonchev–Trinajstić information content (AvgIpc) is 3.41. The van der Waals surface area contributed by atoms with Crippen molar-refractivity contribution in [2.45, 2.75) is 35.8 Å². The van der Waals surface area contributed by atoms with Crippen LogP contribution in [0.4, 0.5) is 5.13 Å². The molecule has 2 aromatic carbocycles. The summed E-state index contributed by atoms with van der Waals surface area (Å²) in [7, 11) is -3.52. The molecule has 38 heavy (non-hydrogen) atoms. The van der Waals surface area contributed by atoms with Crippen LogP contribution in [0.5, 0.6) is 0 Å². The van der Waals surface area contributed by atoms with Gasteiger partial charge in [-0.3, -0.25) is 9.59 Å². The number of allylic oxidation sites excluding steroid dienone is 3. The highest BCUT2D eigenvalue weighted by molar-refractivity contribution is 7.92. The quantitative estimate of drug-likeness (QED) is 0.370. The number of nitrogens with zero attached hydrogens (tertiary/aromatic N) is 1. The number of anilines is 1. The Labute approximate surface area is 226 Å². The molecule has 0 aliphatic heterocycles. The van der Waals surface area contributed by atoms with Gasteiger partial charge in [-0.15, -0.1) is 11.3 Å². The second-order valence-electron chi connectivity index (χ2n) is 9.34. The van der Waals surface area contributed by atoms with Gasteiger partial charge < -0.3 is 16.4 Å². The number of sulfone groups is 1. The molecule has 0 spiro atoms.